The number of hydrogen-bond donors (Lipinski definition) is 1. The predicted octanol–water partition coefficient (Wildman–Crippen LogP) is 3.42. The molecule has 0 fully saturated rings. The second-order valence-corrected chi connectivity index (χ2v) is 3.99. The number of hydrazone groups is 1. The third kappa shape index (κ3) is 4.32. The highest BCUT2D eigenvalue weighted by Gasteiger charge is 2.01. The van der Waals surface area contributed by atoms with E-state index in [4.69, 9.17) is 4.74 Å². The van der Waals surface area contributed by atoms with Crippen LogP contribution < -0.4 is 10.2 Å². The summed E-state index contributed by atoms with van der Waals surface area (Å²) in [5.41, 5.74) is 3.14. The van der Waals surface area contributed by atoms with Gasteiger partial charge in [-0.2, -0.15) is 5.10 Å². The van der Waals surface area contributed by atoms with Crippen LogP contribution in [0.25, 0.3) is 0 Å². The first-order chi connectivity index (χ1) is 10.2. The Labute approximate surface area is 121 Å². The molecule has 21 heavy (non-hydrogen) atoms. The van der Waals surface area contributed by atoms with Crippen LogP contribution in [0.3, 0.4) is 0 Å². The first kappa shape index (κ1) is 14.5. The fourth-order valence-electron chi connectivity index (χ4n) is 1.51. The zero-order chi connectivity index (χ0) is 15.1. The molecule has 0 aliphatic rings. The van der Waals surface area contributed by atoms with E-state index >= 15 is 0 Å². The second-order valence-electron chi connectivity index (χ2n) is 3.99. The third-order valence-electron chi connectivity index (χ3n) is 2.55. The number of benzene rings is 2. The van der Waals surface area contributed by atoms with Gasteiger partial charge in [0.15, 0.2) is 0 Å². The van der Waals surface area contributed by atoms with Crippen molar-refractivity contribution in [3.8, 4) is 17.6 Å². The molecule has 0 spiro atoms. The average Bonchev–Trinajstić information content (AvgIpc) is 2.51. The number of halogens is 2. The maximum absolute atomic E-state index is 13.3. The molecular formula is C16H12F2N2O. The number of nitrogens with one attached hydrogen (secondary N) is 1. The lowest BCUT2D eigenvalue weighted by atomic mass is 10.2. The molecule has 0 aromatic heterocycles. The molecule has 2 rings (SSSR count). The smallest absolute Gasteiger partial charge is 0.148 e. The van der Waals surface area contributed by atoms with Crippen LogP contribution in [0.2, 0.25) is 0 Å². The van der Waals surface area contributed by atoms with Crippen molar-refractivity contribution in [2.24, 2.45) is 5.10 Å². The highest BCUT2D eigenvalue weighted by molar-refractivity contribution is 5.80. The molecule has 0 unspecified atom stereocenters. The zero-order valence-electron chi connectivity index (χ0n) is 11.2. The van der Waals surface area contributed by atoms with Crippen LogP contribution in [0, 0.1) is 23.5 Å². The normalized spacial score (nSPS) is 10.0. The molecular weight excluding hydrogens is 274 g/mol. The first-order valence-corrected chi connectivity index (χ1v) is 6.07. The van der Waals surface area contributed by atoms with Crippen molar-refractivity contribution in [3.05, 3.63) is 59.7 Å². The molecule has 0 aliphatic heterocycles. The van der Waals surface area contributed by atoms with Gasteiger partial charge in [-0.15, -0.1) is 0 Å². The van der Waals surface area contributed by atoms with Crippen LogP contribution in [0.1, 0.15) is 5.56 Å². The van der Waals surface area contributed by atoms with Crippen LogP contribution in [0.4, 0.5) is 14.5 Å². The largest absolute Gasteiger partial charge is 0.497 e. The molecule has 0 heterocycles. The lowest BCUT2D eigenvalue weighted by molar-refractivity contribution is 0.415. The van der Waals surface area contributed by atoms with Gasteiger partial charge in [0.2, 0.25) is 0 Å². The van der Waals surface area contributed by atoms with Crippen LogP contribution in [-0.4, -0.2) is 13.3 Å². The Balaban J connectivity index is 1.96. The van der Waals surface area contributed by atoms with Gasteiger partial charge in [-0.05, 0) is 42.3 Å². The van der Waals surface area contributed by atoms with E-state index in [2.05, 4.69) is 22.4 Å². The topological polar surface area (TPSA) is 33.6 Å². The van der Waals surface area contributed by atoms with Crippen molar-refractivity contribution in [1.82, 2.24) is 0 Å². The molecule has 0 saturated carbocycles. The van der Waals surface area contributed by atoms with Crippen molar-refractivity contribution in [3.63, 3.8) is 0 Å². The molecule has 0 radical (unpaired) electrons. The van der Waals surface area contributed by atoms with Gasteiger partial charge in [0, 0.05) is 11.6 Å². The number of hydrogen-bond acceptors (Lipinski definition) is 3. The quantitative estimate of drug-likeness (QED) is 0.533. The molecule has 1 N–H and O–H groups in total. The Morgan fingerprint density at radius 1 is 1.14 bits per heavy atom. The summed E-state index contributed by atoms with van der Waals surface area (Å²) in [5.74, 6) is 5.15. The SMILES string of the molecule is COc1ccc(C#C/C=N\Nc2cc(F)ccc2F)cc1. The van der Waals surface area contributed by atoms with Gasteiger partial charge in [-0.3, -0.25) is 5.43 Å². The number of anilines is 1. The Bertz CT molecular complexity index is 700. The number of nitrogens with zero attached hydrogens (tertiary/aromatic N) is 1. The summed E-state index contributed by atoms with van der Waals surface area (Å²) < 4.78 is 31.2. The lowest BCUT2D eigenvalue weighted by Gasteiger charge is -2.00. The number of ether oxygens (including phenoxy) is 1. The summed E-state index contributed by atoms with van der Waals surface area (Å²) in [6.07, 6.45) is 1.27. The van der Waals surface area contributed by atoms with Gasteiger partial charge in [0.05, 0.1) is 19.0 Å². The van der Waals surface area contributed by atoms with Crippen LogP contribution >= 0.6 is 0 Å². The molecule has 0 saturated heterocycles. The van der Waals surface area contributed by atoms with E-state index in [1.54, 1.807) is 31.4 Å². The standard InChI is InChI=1S/C16H12F2N2O/c1-21-14-7-4-12(5-8-14)3-2-10-19-20-16-11-13(17)6-9-15(16)18/h4-11,20H,1H3/b19-10-. The van der Waals surface area contributed by atoms with E-state index in [0.717, 1.165) is 29.5 Å². The molecule has 0 bridgehead atoms. The molecule has 3 nitrogen and oxygen atoms in total. The maximum Gasteiger partial charge on any atom is 0.148 e. The summed E-state index contributed by atoms with van der Waals surface area (Å²) in [7, 11) is 1.59. The Morgan fingerprint density at radius 3 is 2.62 bits per heavy atom. The van der Waals surface area contributed by atoms with Crippen LogP contribution in [0.5, 0.6) is 5.75 Å². The molecule has 0 amide bonds. The third-order valence-corrected chi connectivity index (χ3v) is 2.55. The highest BCUT2D eigenvalue weighted by atomic mass is 19.1. The monoisotopic (exact) mass is 286 g/mol. The van der Waals surface area contributed by atoms with E-state index in [0.29, 0.717) is 0 Å². The van der Waals surface area contributed by atoms with Crippen molar-refractivity contribution in [1.29, 1.82) is 0 Å². The molecule has 2 aromatic carbocycles. The summed E-state index contributed by atoms with van der Waals surface area (Å²) in [4.78, 5) is 0. The van der Waals surface area contributed by atoms with Gasteiger partial charge in [-0.1, -0.05) is 5.92 Å². The fraction of sp³-hybridized carbons (Fsp3) is 0.0625. The van der Waals surface area contributed by atoms with E-state index < -0.39 is 11.6 Å². The molecule has 2 aromatic rings. The van der Waals surface area contributed by atoms with Crippen LogP contribution in [-0.2, 0) is 0 Å². The van der Waals surface area contributed by atoms with E-state index in [1.807, 2.05) is 0 Å². The van der Waals surface area contributed by atoms with E-state index in [-0.39, 0.29) is 5.69 Å². The first-order valence-electron chi connectivity index (χ1n) is 6.07. The molecule has 0 aliphatic carbocycles. The highest BCUT2D eigenvalue weighted by Crippen LogP contribution is 2.14. The summed E-state index contributed by atoms with van der Waals surface area (Å²) in [6, 6.07) is 10.3. The summed E-state index contributed by atoms with van der Waals surface area (Å²) >= 11 is 0. The molecule has 5 heteroatoms. The van der Waals surface area contributed by atoms with Gasteiger partial charge >= 0.3 is 0 Å². The van der Waals surface area contributed by atoms with Crippen molar-refractivity contribution < 1.29 is 13.5 Å². The van der Waals surface area contributed by atoms with Crippen molar-refractivity contribution in [2.45, 2.75) is 0 Å². The second kappa shape index (κ2) is 7.06. The maximum atomic E-state index is 13.3. The average molecular weight is 286 g/mol. The Hall–Kier alpha value is -2.87. The minimum absolute atomic E-state index is 0.0440. The number of methoxy groups -OCH3 is 1. The minimum Gasteiger partial charge on any atom is -0.497 e. The molecule has 0 atom stereocenters. The number of rotatable bonds is 3. The zero-order valence-corrected chi connectivity index (χ0v) is 11.2. The van der Waals surface area contributed by atoms with Crippen molar-refractivity contribution >= 4 is 11.9 Å². The summed E-state index contributed by atoms with van der Waals surface area (Å²) in [5, 5.41) is 3.71. The molecule has 106 valence electrons. The predicted molar refractivity (Wildman–Crippen MR) is 78.3 cm³/mol. The Kier molecular flexibility index (Phi) is 4.89. The van der Waals surface area contributed by atoms with Gasteiger partial charge in [0.1, 0.15) is 17.4 Å². The van der Waals surface area contributed by atoms with E-state index in [9.17, 15) is 8.78 Å². The van der Waals surface area contributed by atoms with Gasteiger partial charge in [-0.25, -0.2) is 8.78 Å². The van der Waals surface area contributed by atoms with Gasteiger partial charge in [0.25, 0.3) is 0 Å². The lowest BCUT2D eigenvalue weighted by Crippen LogP contribution is -1.93. The van der Waals surface area contributed by atoms with Crippen LogP contribution in [0.15, 0.2) is 47.6 Å². The van der Waals surface area contributed by atoms with E-state index in [1.165, 1.54) is 6.21 Å². The minimum atomic E-state index is -0.586. The Morgan fingerprint density at radius 2 is 1.90 bits per heavy atom. The fourth-order valence-corrected chi connectivity index (χ4v) is 1.51. The summed E-state index contributed by atoms with van der Waals surface area (Å²) in [6.45, 7) is 0. The van der Waals surface area contributed by atoms with Gasteiger partial charge < -0.3 is 4.74 Å². The van der Waals surface area contributed by atoms with Crippen molar-refractivity contribution in [2.75, 3.05) is 12.5 Å².